The normalized spacial score (nSPS) is 12.8. The van der Waals surface area contributed by atoms with Crippen LogP contribution in [0.4, 0.5) is 5.69 Å². The van der Waals surface area contributed by atoms with Gasteiger partial charge in [-0.1, -0.05) is 12.1 Å². The van der Waals surface area contributed by atoms with Crippen molar-refractivity contribution in [1.29, 1.82) is 0 Å². The summed E-state index contributed by atoms with van der Waals surface area (Å²) < 4.78 is -0.720. The Morgan fingerprint density at radius 2 is 2.00 bits per heavy atom. The van der Waals surface area contributed by atoms with E-state index in [2.05, 4.69) is 5.32 Å². The molecule has 0 saturated heterocycles. The van der Waals surface area contributed by atoms with Gasteiger partial charge in [0.05, 0.1) is 11.4 Å². The fourth-order valence-electron chi connectivity index (χ4n) is 1.57. The number of thioether (sulfide) groups is 2. The van der Waals surface area contributed by atoms with Gasteiger partial charge in [-0.2, -0.15) is 0 Å². The molecule has 0 bridgehead atoms. The first-order chi connectivity index (χ1) is 9.77. The fraction of sp³-hybridized carbons (Fsp3) is 0.429. The highest BCUT2D eigenvalue weighted by atomic mass is 32.2. The largest absolute Gasteiger partial charge is 0.480 e. The van der Waals surface area contributed by atoms with E-state index in [-0.39, 0.29) is 11.7 Å². The molecule has 0 saturated carbocycles. The van der Waals surface area contributed by atoms with Crippen molar-refractivity contribution in [2.75, 3.05) is 17.3 Å². The van der Waals surface area contributed by atoms with Gasteiger partial charge in [-0.15, -0.1) is 23.5 Å². The van der Waals surface area contributed by atoms with Crippen LogP contribution in [0, 0.1) is 0 Å². The van der Waals surface area contributed by atoms with E-state index in [0.29, 0.717) is 0 Å². The van der Waals surface area contributed by atoms with E-state index >= 15 is 0 Å². The van der Waals surface area contributed by atoms with Crippen LogP contribution in [0.1, 0.15) is 13.8 Å². The van der Waals surface area contributed by atoms with Crippen molar-refractivity contribution in [3.63, 3.8) is 0 Å². The highest BCUT2D eigenvalue weighted by molar-refractivity contribution is 8.01. The third-order valence-corrected chi connectivity index (χ3v) is 5.17. The summed E-state index contributed by atoms with van der Waals surface area (Å²) >= 11 is 2.78. The Labute approximate surface area is 133 Å². The second-order valence-corrected chi connectivity index (χ2v) is 7.43. The lowest BCUT2D eigenvalue weighted by molar-refractivity contribution is -0.139. The molecule has 1 amide bonds. The van der Waals surface area contributed by atoms with Gasteiger partial charge in [0.15, 0.2) is 0 Å². The number of aliphatic carboxylic acids is 1. The average molecular weight is 328 g/mol. The van der Waals surface area contributed by atoms with Gasteiger partial charge in [-0.3, -0.25) is 9.59 Å². The lowest BCUT2D eigenvalue weighted by atomic mass is 10.1. The second kappa shape index (κ2) is 7.72. The number of carbonyl (C=O) groups is 2. The van der Waals surface area contributed by atoms with E-state index in [9.17, 15) is 9.59 Å². The van der Waals surface area contributed by atoms with E-state index in [0.717, 1.165) is 10.6 Å². The van der Waals surface area contributed by atoms with Gasteiger partial charge in [0, 0.05) is 9.64 Å². The van der Waals surface area contributed by atoms with Gasteiger partial charge < -0.3 is 16.2 Å². The number of para-hydroxylation sites is 1. The third kappa shape index (κ3) is 5.26. The van der Waals surface area contributed by atoms with Crippen LogP contribution < -0.4 is 11.1 Å². The summed E-state index contributed by atoms with van der Waals surface area (Å²) in [6.45, 7) is 3.44. The van der Waals surface area contributed by atoms with Crippen molar-refractivity contribution in [1.82, 2.24) is 0 Å². The van der Waals surface area contributed by atoms with E-state index in [1.165, 1.54) is 11.8 Å². The summed E-state index contributed by atoms with van der Waals surface area (Å²) in [6, 6.07) is 6.51. The highest BCUT2D eigenvalue weighted by Gasteiger charge is 2.33. The molecule has 0 aromatic heterocycles. The summed E-state index contributed by atoms with van der Waals surface area (Å²) in [5.74, 6) is -1.09. The highest BCUT2D eigenvalue weighted by Crippen LogP contribution is 2.28. The number of amides is 1. The summed E-state index contributed by atoms with van der Waals surface area (Å²) in [5, 5.41) is 11.8. The minimum absolute atomic E-state index is 0.149. The Hall–Kier alpha value is -1.18. The molecule has 1 rings (SSSR count). The molecule has 1 aromatic carbocycles. The van der Waals surface area contributed by atoms with Gasteiger partial charge in [-0.05, 0) is 32.2 Å². The topological polar surface area (TPSA) is 92.4 Å². The van der Waals surface area contributed by atoms with E-state index < -0.39 is 16.8 Å². The number of rotatable bonds is 7. The van der Waals surface area contributed by atoms with Gasteiger partial charge in [-0.25, -0.2) is 0 Å². The first-order valence-corrected chi connectivity index (χ1v) is 8.54. The van der Waals surface area contributed by atoms with Gasteiger partial charge in [0.2, 0.25) is 5.91 Å². The average Bonchev–Trinajstić information content (AvgIpc) is 2.45. The zero-order valence-corrected chi connectivity index (χ0v) is 13.9. The predicted octanol–water partition coefficient (Wildman–Crippen LogP) is 2.27. The lowest BCUT2D eigenvalue weighted by Crippen LogP contribution is -2.47. The zero-order chi connectivity index (χ0) is 16.0. The number of carboxylic acids is 1. The maximum atomic E-state index is 12.0. The molecule has 5 nitrogen and oxygen atoms in total. The first kappa shape index (κ1) is 17.9. The number of benzene rings is 1. The summed E-state index contributed by atoms with van der Waals surface area (Å²) in [6.07, 6.45) is 1.94. The SMILES string of the molecule is CSc1ccccc1NC(=O)CSC(C)(C)[C@H](N)C(=O)O. The van der Waals surface area contributed by atoms with Crippen LogP contribution in [-0.2, 0) is 9.59 Å². The molecule has 1 aromatic rings. The van der Waals surface area contributed by atoms with Gasteiger partial charge >= 0.3 is 5.97 Å². The number of hydrogen-bond acceptors (Lipinski definition) is 5. The third-order valence-electron chi connectivity index (χ3n) is 2.97. The minimum atomic E-state index is -1.07. The molecule has 0 unspecified atom stereocenters. The second-order valence-electron chi connectivity index (χ2n) is 4.96. The quantitative estimate of drug-likeness (QED) is 0.665. The Kier molecular flexibility index (Phi) is 6.57. The minimum Gasteiger partial charge on any atom is -0.480 e. The fourth-order valence-corrected chi connectivity index (χ4v) is 2.98. The van der Waals surface area contributed by atoms with Crippen LogP contribution in [-0.4, -0.2) is 39.8 Å². The molecule has 21 heavy (non-hydrogen) atoms. The zero-order valence-electron chi connectivity index (χ0n) is 12.3. The molecule has 0 spiro atoms. The molecule has 0 aliphatic rings. The molecule has 0 aliphatic carbocycles. The molecule has 116 valence electrons. The first-order valence-electron chi connectivity index (χ1n) is 6.33. The number of nitrogens with two attached hydrogens (primary N) is 1. The standard InChI is InChI=1S/C14H20N2O3S2/c1-14(2,12(15)13(18)19)21-8-11(17)16-9-6-4-5-7-10(9)20-3/h4-7,12H,8,15H2,1-3H3,(H,16,17)(H,18,19)/t12-/m1/s1. The van der Waals surface area contributed by atoms with Crippen LogP contribution in [0.15, 0.2) is 29.2 Å². The number of nitrogens with one attached hydrogen (secondary N) is 1. The van der Waals surface area contributed by atoms with Crippen molar-refractivity contribution in [3.05, 3.63) is 24.3 Å². The monoisotopic (exact) mass is 328 g/mol. The Bertz CT molecular complexity index is 521. The van der Waals surface area contributed by atoms with Crippen molar-refractivity contribution in [2.24, 2.45) is 5.73 Å². The maximum absolute atomic E-state index is 12.0. The van der Waals surface area contributed by atoms with Crippen LogP contribution in [0.3, 0.4) is 0 Å². The molecule has 4 N–H and O–H groups in total. The molecule has 0 aliphatic heterocycles. The Morgan fingerprint density at radius 3 is 2.57 bits per heavy atom. The predicted molar refractivity (Wildman–Crippen MR) is 89.0 cm³/mol. The molecular formula is C14H20N2O3S2. The molecular weight excluding hydrogens is 308 g/mol. The molecule has 0 heterocycles. The van der Waals surface area contributed by atoms with Crippen LogP contribution in [0.2, 0.25) is 0 Å². The summed E-state index contributed by atoms with van der Waals surface area (Å²) in [7, 11) is 0. The van der Waals surface area contributed by atoms with E-state index in [4.69, 9.17) is 10.8 Å². The lowest BCUT2D eigenvalue weighted by Gasteiger charge is -2.27. The van der Waals surface area contributed by atoms with E-state index in [1.807, 2.05) is 30.5 Å². The maximum Gasteiger partial charge on any atom is 0.321 e. The number of anilines is 1. The molecule has 1 atom stereocenters. The van der Waals surface area contributed by atoms with Crippen LogP contribution >= 0.6 is 23.5 Å². The smallest absolute Gasteiger partial charge is 0.321 e. The summed E-state index contributed by atoms with van der Waals surface area (Å²) in [4.78, 5) is 23.9. The van der Waals surface area contributed by atoms with Crippen LogP contribution in [0.25, 0.3) is 0 Å². The van der Waals surface area contributed by atoms with Crippen molar-refractivity contribution in [3.8, 4) is 0 Å². The van der Waals surface area contributed by atoms with E-state index in [1.54, 1.807) is 25.6 Å². The summed E-state index contributed by atoms with van der Waals surface area (Å²) in [5.41, 5.74) is 6.38. The number of carbonyl (C=O) groups excluding carboxylic acids is 1. The van der Waals surface area contributed by atoms with Crippen molar-refractivity contribution >= 4 is 41.1 Å². The number of carboxylic acid groups (broad SMARTS) is 1. The molecule has 0 fully saturated rings. The Balaban J connectivity index is 2.60. The van der Waals surface area contributed by atoms with Crippen molar-refractivity contribution in [2.45, 2.75) is 29.5 Å². The van der Waals surface area contributed by atoms with Crippen molar-refractivity contribution < 1.29 is 14.7 Å². The van der Waals surface area contributed by atoms with Gasteiger partial charge in [0.1, 0.15) is 6.04 Å². The Morgan fingerprint density at radius 1 is 1.38 bits per heavy atom. The van der Waals surface area contributed by atoms with Crippen LogP contribution in [0.5, 0.6) is 0 Å². The molecule has 7 heteroatoms. The molecule has 0 radical (unpaired) electrons. The number of hydrogen-bond donors (Lipinski definition) is 3. The van der Waals surface area contributed by atoms with Gasteiger partial charge in [0.25, 0.3) is 0 Å².